The third-order valence-electron chi connectivity index (χ3n) is 4.04. The molecule has 1 aliphatic rings. The first-order chi connectivity index (χ1) is 9.97. The van der Waals surface area contributed by atoms with Crippen LogP contribution in [-0.2, 0) is 0 Å². The summed E-state index contributed by atoms with van der Waals surface area (Å²) in [6.45, 7) is 2.19. The van der Waals surface area contributed by atoms with Gasteiger partial charge in [-0.15, -0.1) is 0 Å². The smallest absolute Gasteiger partial charge is 0.273 e. The van der Waals surface area contributed by atoms with Gasteiger partial charge in [-0.1, -0.05) is 6.07 Å². The number of benzene rings is 1. The van der Waals surface area contributed by atoms with Crippen molar-refractivity contribution in [3.8, 4) is 0 Å². The minimum Gasteiger partial charge on any atom is -0.393 e. The van der Waals surface area contributed by atoms with Crippen molar-refractivity contribution in [2.75, 3.05) is 6.54 Å². The quantitative estimate of drug-likeness (QED) is 0.657. The van der Waals surface area contributed by atoms with Crippen molar-refractivity contribution < 1.29 is 14.8 Å². The second-order valence-electron chi connectivity index (χ2n) is 5.64. The average Bonchev–Trinajstić information content (AvgIpc) is 2.46. The molecule has 114 valence electrons. The molecule has 0 aromatic heterocycles. The topological polar surface area (TPSA) is 92.5 Å². The third kappa shape index (κ3) is 4.01. The van der Waals surface area contributed by atoms with Crippen molar-refractivity contribution in [3.63, 3.8) is 0 Å². The normalized spacial score (nSPS) is 21.8. The van der Waals surface area contributed by atoms with Gasteiger partial charge in [0.25, 0.3) is 11.6 Å². The van der Waals surface area contributed by atoms with Crippen LogP contribution in [0.4, 0.5) is 5.69 Å². The van der Waals surface area contributed by atoms with Gasteiger partial charge >= 0.3 is 0 Å². The van der Waals surface area contributed by atoms with Gasteiger partial charge in [-0.2, -0.15) is 0 Å². The lowest BCUT2D eigenvalue weighted by Crippen LogP contribution is -2.32. The molecule has 1 fully saturated rings. The Morgan fingerprint density at radius 2 is 2.05 bits per heavy atom. The highest BCUT2D eigenvalue weighted by atomic mass is 16.6. The number of nitrogens with zero attached hydrogens (tertiary/aromatic N) is 1. The lowest BCUT2D eigenvalue weighted by molar-refractivity contribution is -0.385. The van der Waals surface area contributed by atoms with Crippen LogP contribution in [0, 0.1) is 23.0 Å². The highest BCUT2D eigenvalue weighted by molar-refractivity contribution is 5.94. The molecule has 0 unspecified atom stereocenters. The average molecular weight is 292 g/mol. The maximum atomic E-state index is 12.1. The number of nitrogens with one attached hydrogen (secondary N) is 1. The Morgan fingerprint density at radius 1 is 1.38 bits per heavy atom. The van der Waals surface area contributed by atoms with Crippen LogP contribution in [0.5, 0.6) is 0 Å². The van der Waals surface area contributed by atoms with Crippen LogP contribution in [-0.4, -0.2) is 28.6 Å². The van der Waals surface area contributed by atoms with E-state index in [4.69, 9.17) is 0 Å². The Kier molecular flexibility index (Phi) is 4.90. The molecule has 2 rings (SSSR count). The summed E-state index contributed by atoms with van der Waals surface area (Å²) in [4.78, 5) is 22.5. The first-order valence-corrected chi connectivity index (χ1v) is 7.18. The number of amides is 1. The SMILES string of the molecule is Cc1ccc(C(=O)NCC2CCC(O)CC2)cc1[N+](=O)[O-]. The van der Waals surface area contributed by atoms with E-state index in [0.29, 0.717) is 23.6 Å². The molecule has 0 atom stereocenters. The molecule has 0 spiro atoms. The molecule has 1 saturated carbocycles. The van der Waals surface area contributed by atoms with Crippen LogP contribution in [0.15, 0.2) is 18.2 Å². The summed E-state index contributed by atoms with van der Waals surface area (Å²) in [7, 11) is 0. The summed E-state index contributed by atoms with van der Waals surface area (Å²) in [5.41, 5.74) is 0.810. The largest absolute Gasteiger partial charge is 0.393 e. The van der Waals surface area contributed by atoms with Gasteiger partial charge in [0.2, 0.25) is 0 Å². The number of rotatable bonds is 4. The van der Waals surface area contributed by atoms with E-state index in [0.717, 1.165) is 25.7 Å². The number of hydrogen-bond acceptors (Lipinski definition) is 4. The second kappa shape index (κ2) is 6.67. The summed E-state index contributed by atoms with van der Waals surface area (Å²) in [6.07, 6.45) is 3.13. The van der Waals surface area contributed by atoms with E-state index in [1.165, 1.54) is 6.07 Å². The predicted molar refractivity (Wildman–Crippen MR) is 78.1 cm³/mol. The summed E-state index contributed by atoms with van der Waals surface area (Å²) in [6, 6.07) is 4.50. The van der Waals surface area contributed by atoms with Gasteiger partial charge in [-0.05, 0) is 44.6 Å². The number of aliphatic hydroxyl groups excluding tert-OH is 1. The molecular weight excluding hydrogens is 272 g/mol. The molecule has 6 nitrogen and oxygen atoms in total. The van der Waals surface area contributed by atoms with Crippen molar-refractivity contribution in [2.45, 2.75) is 38.7 Å². The molecular formula is C15H20N2O4. The molecule has 0 radical (unpaired) electrons. The van der Waals surface area contributed by atoms with Crippen LogP contribution >= 0.6 is 0 Å². The Bertz CT molecular complexity index is 536. The van der Waals surface area contributed by atoms with Crippen LogP contribution in [0.3, 0.4) is 0 Å². The number of hydrogen-bond donors (Lipinski definition) is 2. The molecule has 21 heavy (non-hydrogen) atoms. The van der Waals surface area contributed by atoms with Crippen LogP contribution in [0.25, 0.3) is 0 Å². The van der Waals surface area contributed by atoms with Crippen LogP contribution < -0.4 is 5.32 Å². The molecule has 0 heterocycles. The summed E-state index contributed by atoms with van der Waals surface area (Å²) < 4.78 is 0. The molecule has 1 aliphatic carbocycles. The third-order valence-corrected chi connectivity index (χ3v) is 4.04. The number of carbonyl (C=O) groups excluding carboxylic acids is 1. The Morgan fingerprint density at radius 3 is 2.67 bits per heavy atom. The molecule has 0 saturated heterocycles. The molecule has 1 amide bonds. The van der Waals surface area contributed by atoms with Gasteiger partial charge in [-0.25, -0.2) is 0 Å². The first kappa shape index (κ1) is 15.4. The fourth-order valence-electron chi connectivity index (χ4n) is 2.64. The van der Waals surface area contributed by atoms with Crippen LogP contribution in [0.2, 0.25) is 0 Å². The van der Waals surface area contributed by atoms with Gasteiger partial charge in [-0.3, -0.25) is 14.9 Å². The number of carbonyl (C=O) groups is 1. The summed E-state index contributed by atoms with van der Waals surface area (Å²) >= 11 is 0. The maximum absolute atomic E-state index is 12.1. The van der Waals surface area contributed by atoms with E-state index in [2.05, 4.69) is 5.32 Å². The molecule has 0 aliphatic heterocycles. The Labute approximate surface area is 123 Å². The van der Waals surface area contributed by atoms with E-state index in [9.17, 15) is 20.0 Å². The molecule has 0 bridgehead atoms. The second-order valence-corrected chi connectivity index (χ2v) is 5.64. The van der Waals surface area contributed by atoms with Gasteiger partial charge in [0, 0.05) is 23.7 Å². The summed E-state index contributed by atoms with van der Waals surface area (Å²) in [5, 5.41) is 23.1. The monoisotopic (exact) mass is 292 g/mol. The first-order valence-electron chi connectivity index (χ1n) is 7.18. The van der Waals surface area contributed by atoms with Crippen molar-refractivity contribution in [1.29, 1.82) is 0 Å². The summed E-state index contributed by atoms with van der Waals surface area (Å²) in [5.74, 6) is 0.0852. The lowest BCUT2D eigenvalue weighted by atomic mass is 9.87. The highest BCUT2D eigenvalue weighted by Crippen LogP contribution is 2.24. The molecule has 1 aromatic carbocycles. The van der Waals surface area contributed by atoms with Crippen molar-refractivity contribution in [2.24, 2.45) is 5.92 Å². The van der Waals surface area contributed by atoms with E-state index >= 15 is 0 Å². The fraction of sp³-hybridized carbons (Fsp3) is 0.533. The number of nitro groups is 1. The fourth-order valence-corrected chi connectivity index (χ4v) is 2.64. The minimum atomic E-state index is -0.478. The number of nitro benzene ring substituents is 1. The van der Waals surface area contributed by atoms with E-state index in [-0.39, 0.29) is 17.7 Å². The van der Waals surface area contributed by atoms with E-state index < -0.39 is 4.92 Å². The Hall–Kier alpha value is -1.95. The van der Waals surface area contributed by atoms with Crippen molar-refractivity contribution in [3.05, 3.63) is 39.4 Å². The predicted octanol–water partition coefficient (Wildman–Crippen LogP) is 2.18. The maximum Gasteiger partial charge on any atom is 0.273 e. The zero-order chi connectivity index (χ0) is 15.4. The molecule has 1 aromatic rings. The minimum absolute atomic E-state index is 0.0385. The zero-order valence-electron chi connectivity index (χ0n) is 12.0. The van der Waals surface area contributed by atoms with Crippen molar-refractivity contribution in [1.82, 2.24) is 5.32 Å². The van der Waals surface area contributed by atoms with Gasteiger partial charge < -0.3 is 10.4 Å². The van der Waals surface area contributed by atoms with E-state index in [1.807, 2.05) is 0 Å². The number of aliphatic hydroxyl groups is 1. The van der Waals surface area contributed by atoms with Gasteiger partial charge in [0.05, 0.1) is 11.0 Å². The lowest BCUT2D eigenvalue weighted by Gasteiger charge is -2.25. The highest BCUT2D eigenvalue weighted by Gasteiger charge is 2.20. The number of aryl methyl sites for hydroxylation is 1. The standard InChI is InChI=1S/C15H20N2O4/c1-10-2-5-12(8-14(10)17(20)21)15(19)16-9-11-3-6-13(18)7-4-11/h2,5,8,11,13,18H,3-4,6-7,9H2,1H3,(H,16,19). The zero-order valence-corrected chi connectivity index (χ0v) is 12.0. The van der Waals surface area contributed by atoms with Gasteiger partial charge in [0.1, 0.15) is 0 Å². The van der Waals surface area contributed by atoms with E-state index in [1.54, 1.807) is 19.1 Å². The van der Waals surface area contributed by atoms with Gasteiger partial charge in [0.15, 0.2) is 0 Å². The molecule has 6 heteroatoms. The molecule has 2 N–H and O–H groups in total. The van der Waals surface area contributed by atoms with Crippen molar-refractivity contribution >= 4 is 11.6 Å². The Balaban J connectivity index is 1.94. The van der Waals surface area contributed by atoms with Crippen LogP contribution in [0.1, 0.15) is 41.6 Å².